The van der Waals surface area contributed by atoms with Crippen molar-refractivity contribution >= 4 is 11.6 Å². The molecule has 1 aromatic rings. The molecule has 0 aliphatic rings. The molecular formula is C6H4ClN3O. The van der Waals surface area contributed by atoms with Gasteiger partial charge in [0.2, 0.25) is 0 Å². The highest BCUT2D eigenvalue weighted by Gasteiger charge is 1.95. The zero-order valence-corrected chi connectivity index (χ0v) is 6.25. The summed E-state index contributed by atoms with van der Waals surface area (Å²) in [5.41, 5.74) is -0.313. The Labute approximate surface area is 67.7 Å². The number of nitrogens with zero attached hydrogens (tertiary/aromatic N) is 3. The minimum atomic E-state index is -0.313. The summed E-state index contributed by atoms with van der Waals surface area (Å²) >= 11 is 5.41. The lowest BCUT2D eigenvalue weighted by Crippen LogP contribution is -2.18. The van der Waals surface area contributed by atoms with Crippen LogP contribution in [0.25, 0.3) is 0 Å². The summed E-state index contributed by atoms with van der Waals surface area (Å²) in [6.45, 7) is 0.00298. The van der Waals surface area contributed by atoms with Crippen LogP contribution < -0.4 is 5.56 Å². The number of aromatic nitrogens is 2. The smallest absolute Gasteiger partial charge is 0.255 e. The molecule has 0 unspecified atom stereocenters. The molecule has 0 amide bonds. The van der Waals surface area contributed by atoms with Crippen molar-refractivity contribution in [2.45, 2.75) is 6.54 Å². The predicted octanol–water partition coefficient (Wildman–Crippen LogP) is 0.420. The maximum Gasteiger partial charge on any atom is 0.255 e. The topological polar surface area (TPSA) is 58.7 Å². The first-order valence-electron chi connectivity index (χ1n) is 2.83. The van der Waals surface area contributed by atoms with E-state index in [0.717, 1.165) is 0 Å². The molecule has 0 aromatic carbocycles. The summed E-state index contributed by atoms with van der Waals surface area (Å²) in [5, 5.41) is 8.39. The van der Waals surface area contributed by atoms with Gasteiger partial charge in [-0.3, -0.25) is 9.36 Å². The molecule has 0 atom stereocenters. The summed E-state index contributed by atoms with van der Waals surface area (Å²) in [5.74, 6) is 0. The van der Waals surface area contributed by atoms with Crippen molar-refractivity contribution in [3.8, 4) is 6.07 Å². The molecule has 0 saturated carbocycles. The number of rotatable bonds is 1. The number of halogens is 1. The first-order chi connectivity index (χ1) is 5.24. The average Bonchev–Trinajstić information content (AvgIpc) is 1.95. The van der Waals surface area contributed by atoms with E-state index >= 15 is 0 Å². The maximum atomic E-state index is 10.9. The van der Waals surface area contributed by atoms with Crippen molar-refractivity contribution in [2.24, 2.45) is 0 Å². The Morgan fingerprint density at radius 1 is 1.82 bits per heavy atom. The summed E-state index contributed by atoms with van der Waals surface area (Å²) in [6.07, 6.45) is 1.24. The van der Waals surface area contributed by atoms with Crippen molar-refractivity contribution < 1.29 is 0 Å². The monoisotopic (exact) mass is 169 g/mol. The van der Waals surface area contributed by atoms with Crippen molar-refractivity contribution in [2.75, 3.05) is 0 Å². The lowest BCUT2D eigenvalue weighted by molar-refractivity contribution is 0.762. The van der Waals surface area contributed by atoms with Gasteiger partial charge in [0.1, 0.15) is 18.0 Å². The third-order valence-corrected chi connectivity index (χ3v) is 1.29. The summed E-state index contributed by atoms with van der Waals surface area (Å²) in [4.78, 5) is 14.6. The Hall–Kier alpha value is -1.34. The van der Waals surface area contributed by atoms with Crippen LogP contribution in [-0.2, 0) is 6.54 Å². The van der Waals surface area contributed by atoms with E-state index in [-0.39, 0.29) is 17.3 Å². The average molecular weight is 170 g/mol. The number of hydrogen-bond donors (Lipinski definition) is 0. The van der Waals surface area contributed by atoms with Gasteiger partial charge in [-0.2, -0.15) is 5.26 Å². The molecule has 0 bridgehead atoms. The van der Waals surface area contributed by atoms with Gasteiger partial charge in [0.25, 0.3) is 5.56 Å². The molecule has 0 N–H and O–H groups in total. The zero-order chi connectivity index (χ0) is 8.27. The van der Waals surface area contributed by atoms with Gasteiger partial charge in [0.15, 0.2) is 0 Å². The molecule has 0 saturated heterocycles. The fourth-order valence-electron chi connectivity index (χ4n) is 0.599. The molecule has 0 spiro atoms. The largest absolute Gasteiger partial charge is 0.285 e. The summed E-state index contributed by atoms with van der Waals surface area (Å²) in [6, 6.07) is 2.99. The quantitative estimate of drug-likeness (QED) is 0.573. The second-order valence-corrected chi connectivity index (χ2v) is 2.22. The highest BCUT2D eigenvalue weighted by molar-refractivity contribution is 6.29. The first kappa shape index (κ1) is 7.76. The van der Waals surface area contributed by atoms with Gasteiger partial charge < -0.3 is 0 Å². The normalized spacial score (nSPS) is 9.09. The van der Waals surface area contributed by atoms with Crippen LogP contribution in [0.1, 0.15) is 0 Å². The zero-order valence-electron chi connectivity index (χ0n) is 5.49. The second-order valence-electron chi connectivity index (χ2n) is 1.84. The highest BCUT2D eigenvalue weighted by atomic mass is 35.5. The van der Waals surface area contributed by atoms with Crippen LogP contribution >= 0.6 is 11.6 Å². The van der Waals surface area contributed by atoms with Gasteiger partial charge in [-0.05, 0) is 0 Å². The Morgan fingerprint density at radius 3 is 3.09 bits per heavy atom. The molecule has 11 heavy (non-hydrogen) atoms. The third-order valence-electron chi connectivity index (χ3n) is 1.09. The van der Waals surface area contributed by atoms with E-state index in [4.69, 9.17) is 16.9 Å². The molecule has 0 aliphatic carbocycles. The van der Waals surface area contributed by atoms with Gasteiger partial charge in [0.05, 0.1) is 6.07 Å². The lowest BCUT2D eigenvalue weighted by Gasteiger charge is -1.95. The predicted molar refractivity (Wildman–Crippen MR) is 39.1 cm³/mol. The van der Waals surface area contributed by atoms with Crippen LogP contribution in [0.2, 0.25) is 5.15 Å². The summed E-state index contributed by atoms with van der Waals surface area (Å²) < 4.78 is 1.17. The van der Waals surface area contributed by atoms with Crippen molar-refractivity contribution in [1.82, 2.24) is 9.55 Å². The van der Waals surface area contributed by atoms with E-state index in [1.807, 2.05) is 6.07 Å². The second kappa shape index (κ2) is 3.17. The molecule has 1 aromatic heterocycles. The van der Waals surface area contributed by atoms with Crippen molar-refractivity contribution in [1.29, 1.82) is 5.26 Å². The minimum absolute atomic E-state index is 0.00298. The molecule has 4 nitrogen and oxygen atoms in total. The molecular weight excluding hydrogens is 166 g/mol. The summed E-state index contributed by atoms with van der Waals surface area (Å²) in [7, 11) is 0. The van der Waals surface area contributed by atoms with E-state index in [0.29, 0.717) is 0 Å². The van der Waals surface area contributed by atoms with Crippen LogP contribution in [0.4, 0.5) is 0 Å². The Bertz CT molecular complexity index is 352. The van der Waals surface area contributed by atoms with E-state index < -0.39 is 0 Å². The van der Waals surface area contributed by atoms with Gasteiger partial charge in [-0.1, -0.05) is 11.6 Å². The molecule has 5 heteroatoms. The standard InChI is InChI=1S/C6H4ClN3O/c7-5-3-6(11)10(2-1-8)4-9-5/h3-4H,2H2. The van der Waals surface area contributed by atoms with Gasteiger partial charge in [-0.15, -0.1) is 0 Å². The van der Waals surface area contributed by atoms with E-state index in [1.54, 1.807) is 0 Å². The van der Waals surface area contributed by atoms with Crippen LogP contribution in [-0.4, -0.2) is 9.55 Å². The first-order valence-corrected chi connectivity index (χ1v) is 3.21. The fraction of sp³-hybridized carbons (Fsp3) is 0.167. The Kier molecular flexibility index (Phi) is 2.24. The molecule has 0 fully saturated rings. The van der Waals surface area contributed by atoms with Crippen molar-refractivity contribution in [3.63, 3.8) is 0 Å². The SMILES string of the molecule is N#CCn1cnc(Cl)cc1=O. The maximum absolute atomic E-state index is 10.9. The van der Waals surface area contributed by atoms with Crippen LogP contribution in [0.15, 0.2) is 17.2 Å². The van der Waals surface area contributed by atoms with Crippen LogP contribution in [0.3, 0.4) is 0 Å². The van der Waals surface area contributed by atoms with Crippen LogP contribution in [0, 0.1) is 11.3 Å². The highest BCUT2D eigenvalue weighted by Crippen LogP contribution is 1.95. The van der Waals surface area contributed by atoms with Gasteiger partial charge >= 0.3 is 0 Å². The Morgan fingerprint density at radius 2 is 2.55 bits per heavy atom. The third kappa shape index (κ3) is 1.79. The van der Waals surface area contributed by atoms with Crippen molar-refractivity contribution in [3.05, 3.63) is 27.9 Å². The number of nitriles is 1. The van der Waals surface area contributed by atoms with Crippen LogP contribution in [0.5, 0.6) is 0 Å². The van der Waals surface area contributed by atoms with E-state index in [1.165, 1.54) is 17.0 Å². The molecule has 1 heterocycles. The molecule has 0 radical (unpaired) electrons. The molecule has 1 rings (SSSR count). The molecule has 56 valence electrons. The van der Waals surface area contributed by atoms with E-state index in [9.17, 15) is 4.79 Å². The minimum Gasteiger partial charge on any atom is -0.285 e. The fourth-order valence-corrected chi connectivity index (χ4v) is 0.736. The van der Waals surface area contributed by atoms with E-state index in [2.05, 4.69) is 4.98 Å². The Balaban J connectivity index is 3.12. The van der Waals surface area contributed by atoms with Gasteiger partial charge in [-0.25, -0.2) is 4.98 Å². The lowest BCUT2D eigenvalue weighted by atomic mass is 10.6. The molecule has 0 aliphatic heterocycles. The number of hydrogen-bond acceptors (Lipinski definition) is 3. The van der Waals surface area contributed by atoms with Gasteiger partial charge in [0, 0.05) is 6.07 Å².